The van der Waals surface area contributed by atoms with Crippen molar-refractivity contribution in [1.29, 1.82) is 0 Å². The van der Waals surface area contributed by atoms with Crippen LogP contribution in [0.25, 0.3) is 0 Å². The van der Waals surface area contributed by atoms with E-state index in [0.29, 0.717) is 6.61 Å². The van der Waals surface area contributed by atoms with E-state index >= 15 is 0 Å². The molecule has 0 aliphatic heterocycles. The summed E-state index contributed by atoms with van der Waals surface area (Å²) >= 11 is 0. The van der Waals surface area contributed by atoms with E-state index < -0.39 is 0 Å². The average molecular weight is 569 g/mol. The number of unbranched alkanes of at least 4 members (excludes halogenated alkanes) is 22. The van der Waals surface area contributed by atoms with Gasteiger partial charge in [0.2, 0.25) is 0 Å². The van der Waals surface area contributed by atoms with Crippen molar-refractivity contribution in [1.82, 2.24) is 0 Å². The highest BCUT2D eigenvalue weighted by Gasteiger charge is 2.07. The van der Waals surface area contributed by atoms with Crippen LogP contribution in [0.15, 0.2) is 0 Å². The van der Waals surface area contributed by atoms with Gasteiger partial charge in [0, 0.05) is 13.2 Å². The van der Waals surface area contributed by atoms with E-state index in [0.717, 1.165) is 37.9 Å². The lowest BCUT2D eigenvalue weighted by molar-refractivity contribution is -0.0437. The molecule has 0 fully saturated rings. The Morgan fingerprint density at radius 1 is 0.400 bits per heavy atom. The predicted octanol–water partition coefficient (Wildman–Crippen LogP) is 11.8. The quantitative estimate of drug-likeness (QED) is 0.0784. The van der Waals surface area contributed by atoms with Gasteiger partial charge in [-0.05, 0) is 24.7 Å². The zero-order chi connectivity index (χ0) is 29.4. The summed E-state index contributed by atoms with van der Waals surface area (Å²) in [6.45, 7) is 11.5. The fourth-order valence-electron chi connectivity index (χ4n) is 5.57. The molecule has 0 aromatic carbocycles. The Labute approximate surface area is 253 Å². The SMILES string of the molecule is CC(C)CCCCCCCCCCCCCCOC[C@@H](CO)OCCCCCCCCCCCCCCC(C)C. The minimum Gasteiger partial charge on any atom is -0.394 e. The molecule has 0 unspecified atom stereocenters. The molecule has 0 aromatic heterocycles. The maximum Gasteiger partial charge on any atom is 0.104 e. The van der Waals surface area contributed by atoms with Crippen LogP contribution in [-0.2, 0) is 9.47 Å². The number of aliphatic hydroxyl groups is 1. The summed E-state index contributed by atoms with van der Waals surface area (Å²) in [6.07, 6.45) is 35.6. The number of hydrogen-bond acceptors (Lipinski definition) is 3. The molecule has 40 heavy (non-hydrogen) atoms. The first-order valence-corrected chi connectivity index (χ1v) is 18.4. The summed E-state index contributed by atoms with van der Waals surface area (Å²) < 4.78 is 11.7. The Morgan fingerprint density at radius 3 is 1.02 bits per heavy atom. The minimum absolute atomic E-state index is 0.0652. The van der Waals surface area contributed by atoms with Gasteiger partial charge in [0.1, 0.15) is 6.10 Å². The number of ether oxygens (including phenoxy) is 2. The van der Waals surface area contributed by atoms with Gasteiger partial charge in [-0.3, -0.25) is 0 Å². The van der Waals surface area contributed by atoms with Gasteiger partial charge in [0.05, 0.1) is 13.2 Å². The van der Waals surface area contributed by atoms with Gasteiger partial charge in [0.25, 0.3) is 0 Å². The van der Waals surface area contributed by atoms with Crippen LogP contribution in [0.4, 0.5) is 0 Å². The second kappa shape index (κ2) is 33.4. The van der Waals surface area contributed by atoms with Crippen molar-refractivity contribution in [2.24, 2.45) is 11.8 Å². The lowest BCUT2D eigenvalue weighted by atomic mass is 10.0. The molecule has 0 amide bonds. The van der Waals surface area contributed by atoms with Crippen molar-refractivity contribution in [3.8, 4) is 0 Å². The predicted molar refractivity (Wildman–Crippen MR) is 177 cm³/mol. The molecule has 3 nitrogen and oxygen atoms in total. The second-order valence-corrected chi connectivity index (χ2v) is 13.6. The Kier molecular flexibility index (Phi) is 33.3. The third-order valence-corrected chi connectivity index (χ3v) is 8.36. The van der Waals surface area contributed by atoms with Crippen molar-refractivity contribution in [2.45, 2.75) is 201 Å². The summed E-state index contributed by atoms with van der Waals surface area (Å²) in [5, 5.41) is 9.58. The standard InChI is InChI=1S/C37H76O3/c1-35(2)29-25-21-17-13-9-5-7-11-15-19-23-27-31-39-34-37(33-38)40-32-28-24-20-16-12-8-6-10-14-18-22-26-30-36(3)4/h35-38H,5-34H2,1-4H3/t37-/m1/s1. The van der Waals surface area contributed by atoms with Crippen LogP contribution in [0.5, 0.6) is 0 Å². The molecule has 0 radical (unpaired) electrons. The molecule has 0 saturated heterocycles. The van der Waals surface area contributed by atoms with E-state index in [2.05, 4.69) is 27.7 Å². The van der Waals surface area contributed by atoms with Gasteiger partial charge in [-0.2, -0.15) is 0 Å². The van der Waals surface area contributed by atoms with Crippen molar-refractivity contribution in [3.63, 3.8) is 0 Å². The second-order valence-electron chi connectivity index (χ2n) is 13.6. The largest absolute Gasteiger partial charge is 0.394 e. The fourth-order valence-corrected chi connectivity index (χ4v) is 5.57. The zero-order valence-electron chi connectivity index (χ0n) is 28.2. The van der Waals surface area contributed by atoms with Crippen molar-refractivity contribution >= 4 is 0 Å². The molecular weight excluding hydrogens is 492 g/mol. The van der Waals surface area contributed by atoms with Gasteiger partial charge in [-0.15, -0.1) is 0 Å². The van der Waals surface area contributed by atoms with Crippen molar-refractivity contribution in [2.75, 3.05) is 26.4 Å². The Bertz CT molecular complexity index is 451. The first kappa shape index (κ1) is 39.9. The maximum atomic E-state index is 9.58. The first-order chi connectivity index (χ1) is 19.6. The molecule has 0 rings (SSSR count). The van der Waals surface area contributed by atoms with Crippen LogP contribution in [0.3, 0.4) is 0 Å². The van der Waals surface area contributed by atoms with E-state index in [1.54, 1.807) is 0 Å². The Balaban J connectivity index is 3.26. The molecule has 0 heterocycles. The topological polar surface area (TPSA) is 38.7 Å². The van der Waals surface area contributed by atoms with Crippen LogP contribution in [0.2, 0.25) is 0 Å². The van der Waals surface area contributed by atoms with Crippen molar-refractivity contribution < 1.29 is 14.6 Å². The highest BCUT2D eigenvalue weighted by atomic mass is 16.5. The van der Waals surface area contributed by atoms with Gasteiger partial charge in [-0.1, -0.05) is 182 Å². The molecule has 0 aromatic rings. The van der Waals surface area contributed by atoms with Crippen LogP contribution in [0.1, 0.15) is 195 Å². The van der Waals surface area contributed by atoms with E-state index in [1.165, 1.54) is 154 Å². The molecular formula is C37H76O3. The highest BCUT2D eigenvalue weighted by molar-refractivity contribution is 4.56. The third kappa shape index (κ3) is 34.1. The molecule has 0 spiro atoms. The van der Waals surface area contributed by atoms with E-state index in [-0.39, 0.29) is 12.7 Å². The lowest BCUT2D eigenvalue weighted by Crippen LogP contribution is -2.24. The molecule has 1 N–H and O–H groups in total. The monoisotopic (exact) mass is 569 g/mol. The van der Waals surface area contributed by atoms with Crippen molar-refractivity contribution in [3.05, 3.63) is 0 Å². The summed E-state index contributed by atoms with van der Waals surface area (Å²) in [5.41, 5.74) is 0. The average Bonchev–Trinajstić information content (AvgIpc) is 2.93. The Hall–Kier alpha value is -0.120. The molecule has 1 atom stereocenters. The summed E-state index contributed by atoms with van der Waals surface area (Å²) in [5.74, 6) is 1.74. The van der Waals surface area contributed by atoms with Gasteiger partial charge >= 0.3 is 0 Å². The Morgan fingerprint density at radius 2 is 0.700 bits per heavy atom. The number of aliphatic hydroxyl groups excluding tert-OH is 1. The maximum absolute atomic E-state index is 9.58. The van der Waals surface area contributed by atoms with Gasteiger partial charge in [0.15, 0.2) is 0 Å². The normalized spacial score (nSPS) is 12.7. The van der Waals surface area contributed by atoms with Crippen LogP contribution < -0.4 is 0 Å². The smallest absolute Gasteiger partial charge is 0.104 e. The molecule has 0 aliphatic rings. The van der Waals surface area contributed by atoms with E-state index in [9.17, 15) is 5.11 Å². The zero-order valence-corrected chi connectivity index (χ0v) is 28.2. The molecule has 0 saturated carbocycles. The fraction of sp³-hybridized carbons (Fsp3) is 1.00. The highest BCUT2D eigenvalue weighted by Crippen LogP contribution is 2.15. The lowest BCUT2D eigenvalue weighted by Gasteiger charge is -2.15. The number of hydrogen-bond donors (Lipinski definition) is 1. The summed E-state index contributed by atoms with van der Waals surface area (Å²) in [6, 6.07) is 0. The van der Waals surface area contributed by atoms with Crippen LogP contribution in [0, 0.1) is 11.8 Å². The van der Waals surface area contributed by atoms with Crippen LogP contribution in [-0.4, -0.2) is 37.6 Å². The summed E-state index contributed by atoms with van der Waals surface area (Å²) in [4.78, 5) is 0. The van der Waals surface area contributed by atoms with Crippen LogP contribution >= 0.6 is 0 Å². The number of rotatable bonds is 34. The minimum atomic E-state index is -0.152. The first-order valence-electron chi connectivity index (χ1n) is 18.4. The molecule has 0 aliphatic carbocycles. The van der Waals surface area contributed by atoms with Gasteiger partial charge < -0.3 is 14.6 Å². The molecule has 242 valence electrons. The van der Waals surface area contributed by atoms with E-state index in [1.807, 2.05) is 0 Å². The molecule has 3 heteroatoms. The third-order valence-electron chi connectivity index (χ3n) is 8.36. The summed E-state index contributed by atoms with van der Waals surface area (Å²) in [7, 11) is 0. The van der Waals surface area contributed by atoms with Gasteiger partial charge in [-0.25, -0.2) is 0 Å². The van der Waals surface area contributed by atoms with E-state index in [4.69, 9.17) is 9.47 Å². The molecule has 0 bridgehead atoms.